The van der Waals surface area contributed by atoms with Gasteiger partial charge in [0, 0.05) is 11.8 Å². The van der Waals surface area contributed by atoms with Gasteiger partial charge in [-0.05, 0) is 46.8 Å². The van der Waals surface area contributed by atoms with Gasteiger partial charge in [-0.15, -0.1) is 0 Å². The molecule has 0 atom stereocenters. The Hall–Kier alpha value is -1.34. The molecule has 0 unspecified atom stereocenters. The zero-order chi connectivity index (χ0) is 14.0. The quantitative estimate of drug-likeness (QED) is 0.657. The van der Waals surface area contributed by atoms with E-state index in [1.807, 2.05) is 13.2 Å². The van der Waals surface area contributed by atoms with Gasteiger partial charge in [0.15, 0.2) is 5.16 Å². The van der Waals surface area contributed by atoms with E-state index >= 15 is 0 Å². The van der Waals surface area contributed by atoms with Crippen molar-refractivity contribution in [1.29, 1.82) is 0 Å². The van der Waals surface area contributed by atoms with Gasteiger partial charge in [0.25, 0.3) is 0 Å². The van der Waals surface area contributed by atoms with Crippen molar-refractivity contribution >= 4 is 45.0 Å². The van der Waals surface area contributed by atoms with Crippen LogP contribution in [0.5, 0.6) is 0 Å². The van der Waals surface area contributed by atoms with E-state index < -0.39 is 0 Å². The number of benzene rings is 1. The third kappa shape index (κ3) is 3.36. The molecule has 0 saturated carbocycles. The van der Waals surface area contributed by atoms with Crippen molar-refractivity contribution in [3.8, 4) is 0 Å². The fourth-order valence-corrected chi connectivity index (χ4v) is 2.36. The Kier molecular flexibility index (Phi) is 4.26. The molecule has 4 nitrogen and oxygen atoms in total. The first-order chi connectivity index (χ1) is 8.99. The molecule has 1 aromatic heterocycles. The highest BCUT2D eigenvalue weighted by Crippen LogP contribution is 2.27. The molecule has 7 heteroatoms. The summed E-state index contributed by atoms with van der Waals surface area (Å²) in [5, 5.41) is 3.62. The van der Waals surface area contributed by atoms with Crippen molar-refractivity contribution in [2.75, 3.05) is 17.3 Å². The number of hydrogen-bond acceptors (Lipinski definition) is 5. The third-order valence-corrected chi connectivity index (χ3v) is 3.59. The van der Waals surface area contributed by atoms with Gasteiger partial charge < -0.3 is 11.1 Å². The van der Waals surface area contributed by atoms with Gasteiger partial charge in [-0.25, -0.2) is 14.4 Å². The number of anilines is 3. The Balaban J connectivity index is 2.36. The lowest BCUT2D eigenvalue weighted by atomic mass is 10.2. The topological polar surface area (TPSA) is 63.8 Å². The summed E-state index contributed by atoms with van der Waals surface area (Å²) >= 11 is 4.54. The van der Waals surface area contributed by atoms with Crippen molar-refractivity contribution < 1.29 is 4.39 Å². The van der Waals surface area contributed by atoms with E-state index in [0.717, 1.165) is 5.56 Å². The maximum Gasteiger partial charge on any atom is 0.191 e. The normalized spacial score (nSPS) is 10.5. The zero-order valence-corrected chi connectivity index (χ0v) is 12.8. The Morgan fingerprint density at radius 2 is 2.05 bits per heavy atom. The van der Waals surface area contributed by atoms with Crippen LogP contribution in [-0.4, -0.2) is 16.2 Å². The molecule has 0 aliphatic carbocycles. The largest absolute Gasteiger partial charge is 0.383 e. The van der Waals surface area contributed by atoms with E-state index in [1.165, 1.54) is 17.8 Å². The molecule has 0 amide bonds. The summed E-state index contributed by atoms with van der Waals surface area (Å²) in [6, 6.07) is 4.73. The van der Waals surface area contributed by atoms with Crippen LogP contribution in [0.2, 0.25) is 0 Å². The molecule has 2 rings (SSSR count). The number of nitrogens with two attached hydrogens (primary N) is 1. The zero-order valence-electron chi connectivity index (χ0n) is 10.4. The van der Waals surface area contributed by atoms with Crippen LogP contribution in [0.3, 0.4) is 0 Å². The fourth-order valence-electron chi connectivity index (χ4n) is 1.52. The standard InChI is InChI=1S/C12H12BrFN4S/c1-6-3-7(13)8(14)4-9(6)16-11-5-10(15)17-12(18-11)19-2/h3-5H,1-2H3,(H3,15,16,17,18). The summed E-state index contributed by atoms with van der Waals surface area (Å²) in [5.74, 6) is 0.582. The molecule has 1 heterocycles. The van der Waals surface area contributed by atoms with Gasteiger partial charge in [0.2, 0.25) is 0 Å². The number of nitrogens with one attached hydrogen (secondary N) is 1. The van der Waals surface area contributed by atoms with Crippen LogP contribution in [0.25, 0.3) is 0 Å². The first-order valence-electron chi connectivity index (χ1n) is 5.41. The van der Waals surface area contributed by atoms with E-state index in [1.54, 1.807) is 12.1 Å². The van der Waals surface area contributed by atoms with E-state index in [0.29, 0.717) is 27.0 Å². The van der Waals surface area contributed by atoms with Crippen LogP contribution in [0.4, 0.5) is 21.7 Å². The molecule has 0 saturated heterocycles. The Labute approximate surface area is 123 Å². The second-order valence-electron chi connectivity index (χ2n) is 3.87. The summed E-state index contributed by atoms with van der Waals surface area (Å²) in [6.07, 6.45) is 1.86. The lowest BCUT2D eigenvalue weighted by Gasteiger charge is -2.11. The lowest BCUT2D eigenvalue weighted by Crippen LogP contribution is -2.01. The fraction of sp³-hybridized carbons (Fsp3) is 0.167. The van der Waals surface area contributed by atoms with Crippen LogP contribution in [0.1, 0.15) is 5.56 Å². The summed E-state index contributed by atoms with van der Waals surface area (Å²) in [4.78, 5) is 8.32. The Morgan fingerprint density at radius 1 is 1.32 bits per heavy atom. The second-order valence-corrected chi connectivity index (χ2v) is 5.50. The molecule has 0 bridgehead atoms. The van der Waals surface area contributed by atoms with Crippen molar-refractivity contribution in [3.63, 3.8) is 0 Å². The number of thioether (sulfide) groups is 1. The van der Waals surface area contributed by atoms with Gasteiger partial charge in [-0.1, -0.05) is 11.8 Å². The first kappa shape index (κ1) is 14.1. The van der Waals surface area contributed by atoms with E-state index in [9.17, 15) is 4.39 Å². The summed E-state index contributed by atoms with van der Waals surface area (Å²) in [5.41, 5.74) is 7.24. The van der Waals surface area contributed by atoms with Gasteiger partial charge >= 0.3 is 0 Å². The number of hydrogen-bond donors (Lipinski definition) is 2. The lowest BCUT2D eigenvalue weighted by molar-refractivity contribution is 0.621. The maximum atomic E-state index is 13.5. The predicted molar refractivity (Wildman–Crippen MR) is 80.3 cm³/mol. The van der Waals surface area contributed by atoms with Crippen molar-refractivity contribution in [2.45, 2.75) is 12.1 Å². The average Bonchev–Trinajstić information content (AvgIpc) is 2.35. The second kappa shape index (κ2) is 5.75. The molecular formula is C12H12BrFN4S. The minimum atomic E-state index is -0.333. The molecular weight excluding hydrogens is 331 g/mol. The predicted octanol–water partition coefficient (Wildman–Crippen LogP) is 3.73. The molecule has 0 aliphatic heterocycles. The Morgan fingerprint density at radius 3 is 2.74 bits per heavy atom. The summed E-state index contributed by atoms with van der Waals surface area (Å²) in [7, 11) is 0. The van der Waals surface area contributed by atoms with Crippen LogP contribution in [-0.2, 0) is 0 Å². The van der Waals surface area contributed by atoms with Crippen molar-refractivity contribution in [2.24, 2.45) is 0 Å². The Bertz CT molecular complexity index is 621. The van der Waals surface area contributed by atoms with Crippen LogP contribution < -0.4 is 11.1 Å². The van der Waals surface area contributed by atoms with E-state index in [4.69, 9.17) is 5.73 Å². The van der Waals surface area contributed by atoms with Gasteiger partial charge in [0.1, 0.15) is 17.5 Å². The third-order valence-electron chi connectivity index (χ3n) is 2.44. The molecule has 1 aromatic carbocycles. The number of aryl methyl sites for hydroxylation is 1. The molecule has 3 N–H and O–H groups in total. The van der Waals surface area contributed by atoms with Crippen molar-refractivity contribution in [3.05, 3.63) is 34.1 Å². The highest BCUT2D eigenvalue weighted by Gasteiger charge is 2.08. The van der Waals surface area contributed by atoms with E-state index in [-0.39, 0.29) is 5.82 Å². The minimum Gasteiger partial charge on any atom is -0.383 e. The van der Waals surface area contributed by atoms with Gasteiger partial charge in [-0.2, -0.15) is 0 Å². The van der Waals surface area contributed by atoms with Crippen molar-refractivity contribution in [1.82, 2.24) is 9.97 Å². The minimum absolute atomic E-state index is 0.333. The highest BCUT2D eigenvalue weighted by molar-refractivity contribution is 9.10. The summed E-state index contributed by atoms with van der Waals surface area (Å²) in [6.45, 7) is 1.88. The monoisotopic (exact) mass is 342 g/mol. The number of aromatic nitrogens is 2. The SMILES string of the molecule is CSc1nc(N)cc(Nc2cc(F)c(Br)cc2C)n1. The first-order valence-corrected chi connectivity index (χ1v) is 7.42. The van der Waals surface area contributed by atoms with Crippen LogP contribution in [0.15, 0.2) is 27.8 Å². The molecule has 0 radical (unpaired) electrons. The smallest absolute Gasteiger partial charge is 0.191 e. The van der Waals surface area contributed by atoms with Gasteiger partial charge in [0.05, 0.1) is 4.47 Å². The summed E-state index contributed by atoms with van der Waals surface area (Å²) < 4.78 is 14.0. The highest BCUT2D eigenvalue weighted by atomic mass is 79.9. The molecule has 0 aliphatic rings. The van der Waals surface area contributed by atoms with Crippen LogP contribution in [0, 0.1) is 12.7 Å². The van der Waals surface area contributed by atoms with E-state index in [2.05, 4.69) is 31.2 Å². The molecule has 0 spiro atoms. The molecule has 100 valence electrons. The van der Waals surface area contributed by atoms with Crippen LogP contribution >= 0.6 is 27.7 Å². The number of nitrogens with zero attached hydrogens (tertiary/aromatic N) is 2. The number of nitrogen functional groups attached to an aromatic ring is 1. The molecule has 2 aromatic rings. The number of rotatable bonds is 3. The maximum absolute atomic E-state index is 13.5. The molecule has 19 heavy (non-hydrogen) atoms. The average molecular weight is 343 g/mol. The molecule has 0 fully saturated rings. The number of halogens is 2. The van der Waals surface area contributed by atoms with Gasteiger partial charge in [-0.3, -0.25) is 0 Å².